The summed E-state index contributed by atoms with van der Waals surface area (Å²) in [6.45, 7) is 0.116. The van der Waals surface area contributed by atoms with Gasteiger partial charge in [0.2, 0.25) is 15.9 Å². The molecular formula is C39H33N3O5S. The molecule has 0 fully saturated rings. The van der Waals surface area contributed by atoms with Crippen LogP contribution in [0.4, 0.5) is 11.4 Å². The summed E-state index contributed by atoms with van der Waals surface area (Å²) in [5.74, 6) is -0.666. The van der Waals surface area contributed by atoms with Gasteiger partial charge in [0.15, 0.2) is 4.90 Å². The summed E-state index contributed by atoms with van der Waals surface area (Å²) < 4.78 is 29.3. The number of hydrogen-bond donors (Lipinski definition) is 1. The molecule has 0 saturated carbocycles. The van der Waals surface area contributed by atoms with E-state index in [1.807, 2.05) is 115 Å². The zero-order chi connectivity index (χ0) is 33.5. The number of hydrogen-bond acceptors (Lipinski definition) is 5. The zero-order valence-electron chi connectivity index (χ0n) is 26.0. The van der Waals surface area contributed by atoms with Gasteiger partial charge in [0, 0.05) is 24.8 Å². The maximum absolute atomic E-state index is 14.0. The van der Waals surface area contributed by atoms with E-state index < -0.39 is 26.6 Å². The quantitative estimate of drug-likeness (QED) is 0.106. The molecule has 0 aliphatic rings. The summed E-state index contributed by atoms with van der Waals surface area (Å²) in [5, 5.41) is 16.8. The molecular weight excluding hydrogens is 623 g/mol. The van der Waals surface area contributed by atoms with Crippen molar-refractivity contribution in [3.63, 3.8) is 0 Å². The van der Waals surface area contributed by atoms with Crippen LogP contribution in [0.15, 0.2) is 157 Å². The van der Waals surface area contributed by atoms with E-state index in [2.05, 4.69) is 5.32 Å². The second-order valence-electron chi connectivity index (χ2n) is 11.4. The number of benzene rings is 6. The van der Waals surface area contributed by atoms with Gasteiger partial charge in [-0.05, 0) is 63.7 Å². The molecule has 0 unspecified atom stereocenters. The van der Waals surface area contributed by atoms with Crippen molar-refractivity contribution < 1.29 is 18.1 Å². The van der Waals surface area contributed by atoms with Crippen LogP contribution in [0.1, 0.15) is 28.2 Å². The predicted octanol–water partition coefficient (Wildman–Crippen LogP) is 7.95. The minimum Gasteiger partial charge on any atom is -0.325 e. The van der Waals surface area contributed by atoms with E-state index in [9.17, 15) is 23.3 Å². The molecule has 0 aliphatic heterocycles. The third-order valence-electron chi connectivity index (χ3n) is 8.25. The molecule has 1 amide bonds. The molecule has 0 aliphatic carbocycles. The first kappa shape index (κ1) is 32.3. The second-order valence-corrected chi connectivity index (χ2v) is 13.3. The number of anilines is 1. The minimum absolute atomic E-state index is 0.0354. The fraction of sp³-hybridized carbons (Fsp3) is 0.103. The lowest BCUT2D eigenvalue weighted by atomic mass is 9.90. The monoisotopic (exact) mass is 655 g/mol. The smallest absolute Gasteiger partial charge is 0.289 e. The maximum atomic E-state index is 14.0. The number of nitro benzene ring substituents is 1. The maximum Gasteiger partial charge on any atom is 0.289 e. The van der Waals surface area contributed by atoms with Crippen molar-refractivity contribution >= 4 is 38.1 Å². The number of nitrogens with zero attached hydrogens (tertiary/aromatic N) is 2. The molecule has 6 aromatic rings. The summed E-state index contributed by atoms with van der Waals surface area (Å²) in [6.07, 6.45) is 0.346. The average Bonchev–Trinajstić information content (AvgIpc) is 3.11. The first-order chi connectivity index (χ1) is 23.3. The minimum atomic E-state index is -4.25. The Bertz CT molecular complexity index is 2120. The van der Waals surface area contributed by atoms with Crippen LogP contribution < -0.4 is 5.32 Å². The lowest BCUT2D eigenvalue weighted by Gasteiger charge is -2.23. The number of nitrogens with one attached hydrogen (secondary N) is 1. The standard InChI is InChI=1S/C39H33N3O5S/c43-39(38(32-12-3-1-4-13-32)33-14-5-2-6-15-33)40-35-23-20-29(21-24-35)25-26-41(28-30-19-22-31-11-7-8-16-34(31)27-30)48(46,47)37-18-10-9-17-36(37)42(44)45/h1-24,27,38H,25-26,28H2,(H,40,43). The van der Waals surface area contributed by atoms with Gasteiger partial charge in [0.1, 0.15) is 0 Å². The molecule has 9 heteroatoms. The summed E-state index contributed by atoms with van der Waals surface area (Å²) in [7, 11) is -4.25. The molecule has 0 heterocycles. The van der Waals surface area contributed by atoms with Crippen LogP contribution >= 0.6 is 0 Å². The van der Waals surface area contributed by atoms with E-state index in [1.54, 1.807) is 12.1 Å². The van der Waals surface area contributed by atoms with Gasteiger partial charge in [-0.2, -0.15) is 4.31 Å². The Balaban J connectivity index is 1.22. The molecule has 8 nitrogen and oxygen atoms in total. The number of fused-ring (bicyclic) bond motifs is 1. The highest BCUT2D eigenvalue weighted by Gasteiger charge is 2.31. The number of nitro groups is 1. The van der Waals surface area contributed by atoms with Crippen molar-refractivity contribution in [2.75, 3.05) is 11.9 Å². The van der Waals surface area contributed by atoms with Crippen LogP contribution in [0.2, 0.25) is 0 Å². The Morgan fingerprint density at radius 2 is 1.25 bits per heavy atom. The van der Waals surface area contributed by atoms with Gasteiger partial charge in [0.25, 0.3) is 5.69 Å². The lowest BCUT2D eigenvalue weighted by Crippen LogP contribution is -2.33. The van der Waals surface area contributed by atoms with Gasteiger partial charge in [0.05, 0.1) is 10.8 Å². The van der Waals surface area contributed by atoms with Gasteiger partial charge in [-0.15, -0.1) is 0 Å². The van der Waals surface area contributed by atoms with Gasteiger partial charge in [-0.1, -0.05) is 121 Å². The van der Waals surface area contributed by atoms with Crippen LogP contribution in [0.5, 0.6) is 0 Å². The van der Waals surface area contributed by atoms with Gasteiger partial charge < -0.3 is 5.32 Å². The van der Waals surface area contributed by atoms with Crippen molar-refractivity contribution in [2.24, 2.45) is 0 Å². The average molecular weight is 656 g/mol. The Hall–Kier alpha value is -5.64. The summed E-state index contributed by atoms with van der Waals surface area (Å²) in [6, 6.07) is 45.5. The van der Waals surface area contributed by atoms with Crippen molar-refractivity contribution in [3.05, 3.63) is 184 Å². The summed E-state index contributed by atoms with van der Waals surface area (Å²) >= 11 is 0. The van der Waals surface area contributed by atoms with Crippen molar-refractivity contribution in [1.29, 1.82) is 0 Å². The molecule has 0 aromatic heterocycles. The summed E-state index contributed by atoms with van der Waals surface area (Å²) in [5.41, 5.74) is 3.51. The van der Waals surface area contributed by atoms with Crippen LogP contribution in [0.3, 0.4) is 0 Å². The number of carbonyl (C=O) groups excluding carboxylic acids is 1. The fourth-order valence-corrected chi connectivity index (χ4v) is 7.39. The van der Waals surface area contributed by atoms with Gasteiger partial charge in [-0.3, -0.25) is 14.9 Å². The van der Waals surface area contributed by atoms with E-state index in [1.165, 1.54) is 28.6 Å². The van der Waals surface area contributed by atoms with Crippen molar-refractivity contribution in [3.8, 4) is 0 Å². The Labute approximate surface area is 279 Å². The molecule has 0 spiro atoms. The van der Waals surface area contributed by atoms with Crippen LogP contribution in [-0.4, -0.2) is 30.1 Å². The van der Waals surface area contributed by atoms with Gasteiger partial charge in [-0.25, -0.2) is 8.42 Å². The SMILES string of the molecule is O=C(Nc1ccc(CCN(Cc2ccc3ccccc3c2)S(=O)(=O)c2ccccc2[N+](=O)[O-])cc1)C(c1ccccc1)c1ccccc1. The van der Waals surface area contributed by atoms with Crippen LogP contribution in [-0.2, 0) is 27.8 Å². The van der Waals surface area contributed by atoms with Crippen LogP contribution in [0, 0.1) is 10.1 Å². The second kappa shape index (κ2) is 14.4. The molecule has 0 saturated heterocycles. The zero-order valence-corrected chi connectivity index (χ0v) is 26.8. The third kappa shape index (κ3) is 7.33. The molecule has 0 bridgehead atoms. The van der Waals surface area contributed by atoms with E-state index in [0.717, 1.165) is 33.0 Å². The Morgan fingerprint density at radius 1 is 0.688 bits per heavy atom. The number of amides is 1. The van der Waals surface area contributed by atoms with E-state index in [-0.39, 0.29) is 23.9 Å². The highest BCUT2D eigenvalue weighted by atomic mass is 32.2. The summed E-state index contributed by atoms with van der Waals surface area (Å²) in [4.78, 5) is 24.3. The number of sulfonamides is 1. The van der Waals surface area contributed by atoms with E-state index in [0.29, 0.717) is 12.1 Å². The topological polar surface area (TPSA) is 110 Å². The van der Waals surface area contributed by atoms with Crippen molar-refractivity contribution in [1.82, 2.24) is 4.31 Å². The predicted molar refractivity (Wildman–Crippen MR) is 188 cm³/mol. The molecule has 6 rings (SSSR count). The van der Waals surface area contributed by atoms with Gasteiger partial charge >= 0.3 is 0 Å². The molecule has 1 N–H and O–H groups in total. The lowest BCUT2D eigenvalue weighted by molar-refractivity contribution is -0.387. The molecule has 0 radical (unpaired) electrons. The van der Waals surface area contributed by atoms with E-state index in [4.69, 9.17) is 0 Å². The molecule has 6 aromatic carbocycles. The highest BCUT2D eigenvalue weighted by molar-refractivity contribution is 7.89. The largest absolute Gasteiger partial charge is 0.325 e. The molecule has 48 heavy (non-hydrogen) atoms. The number of rotatable bonds is 12. The first-order valence-corrected chi connectivity index (χ1v) is 16.9. The number of para-hydroxylation sites is 1. The van der Waals surface area contributed by atoms with E-state index >= 15 is 0 Å². The van der Waals surface area contributed by atoms with Crippen LogP contribution in [0.25, 0.3) is 10.8 Å². The Kier molecular flexibility index (Phi) is 9.70. The first-order valence-electron chi connectivity index (χ1n) is 15.5. The molecule has 0 atom stereocenters. The highest BCUT2D eigenvalue weighted by Crippen LogP contribution is 2.29. The molecule has 240 valence electrons. The normalized spacial score (nSPS) is 11.5. The third-order valence-corrected chi connectivity index (χ3v) is 10.1. The number of carbonyl (C=O) groups is 1. The Morgan fingerprint density at radius 3 is 1.90 bits per heavy atom. The fourth-order valence-electron chi connectivity index (χ4n) is 5.80. The van der Waals surface area contributed by atoms with Crippen molar-refractivity contribution in [2.45, 2.75) is 23.8 Å².